The van der Waals surface area contributed by atoms with Crippen LogP contribution in [0.2, 0.25) is 0 Å². The summed E-state index contributed by atoms with van der Waals surface area (Å²) < 4.78 is 0. The third-order valence-corrected chi connectivity index (χ3v) is 1.90. The fourth-order valence-corrected chi connectivity index (χ4v) is 1.27. The number of hydrogen-bond donors (Lipinski definition) is 1. The van der Waals surface area contributed by atoms with Gasteiger partial charge in [-0.2, -0.15) is 0 Å². The maximum atomic E-state index is 10.5. The molecule has 1 radical (unpaired) electrons. The predicted molar refractivity (Wildman–Crippen MR) is 37.3 cm³/mol. The minimum atomic E-state index is -0.741. The summed E-state index contributed by atoms with van der Waals surface area (Å²) in [7, 11) is 3.65. The van der Waals surface area contributed by atoms with E-state index in [9.17, 15) is 4.79 Å². The first-order chi connectivity index (χ1) is 4.72. The van der Waals surface area contributed by atoms with Crippen LogP contribution in [0.1, 0.15) is 19.3 Å². The largest absolute Gasteiger partial charge is 0.480 e. The minimum Gasteiger partial charge on any atom is -0.480 e. The molecule has 0 aliphatic carbocycles. The van der Waals surface area contributed by atoms with Gasteiger partial charge in [0.25, 0.3) is 0 Å². The predicted octanol–water partition coefficient (Wildman–Crippen LogP) is 0.717. The first kappa shape index (κ1) is 7.54. The summed E-state index contributed by atoms with van der Waals surface area (Å²) in [5, 5.41) is 8.63. The van der Waals surface area contributed by atoms with E-state index in [0.29, 0.717) is 0 Å². The summed E-state index contributed by atoms with van der Waals surface area (Å²) >= 11 is 0. The fourth-order valence-electron chi connectivity index (χ4n) is 1.27. The fraction of sp³-hybridized carbons (Fsp3) is 0.714. The molecule has 1 aliphatic rings. The van der Waals surface area contributed by atoms with Gasteiger partial charge in [-0.15, -0.1) is 0 Å². The van der Waals surface area contributed by atoms with Crippen molar-refractivity contribution >= 4 is 5.97 Å². The van der Waals surface area contributed by atoms with Gasteiger partial charge in [0, 0.05) is 7.05 Å². The molecular weight excluding hydrogens is 130 g/mol. The molecule has 0 bridgehead atoms. The van der Waals surface area contributed by atoms with Crippen molar-refractivity contribution < 1.29 is 9.90 Å². The van der Waals surface area contributed by atoms with Crippen molar-refractivity contribution in [3.63, 3.8) is 0 Å². The van der Waals surface area contributed by atoms with E-state index in [0.717, 1.165) is 25.8 Å². The SMILES string of the molecule is [CH2]N1CCCC[C@H]1C(=O)O. The zero-order valence-corrected chi connectivity index (χ0v) is 5.92. The number of carboxylic acids is 1. The zero-order valence-electron chi connectivity index (χ0n) is 5.92. The van der Waals surface area contributed by atoms with Crippen molar-refractivity contribution in [1.29, 1.82) is 0 Å². The van der Waals surface area contributed by atoms with Gasteiger partial charge in [-0.1, -0.05) is 6.42 Å². The molecule has 0 saturated carbocycles. The van der Waals surface area contributed by atoms with E-state index in [4.69, 9.17) is 5.11 Å². The number of rotatable bonds is 1. The van der Waals surface area contributed by atoms with Crippen molar-refractivity contribution in [2.24, 2.45) is 0 Å². The van der Waals surface area contributed by atoms with Gasteiger partial charge in [-0.3, -0.25) is 9.69 Å². The molecule has 10 heavy (non-hydrogen) atoms. The lowest BCUT2D eigenvalue weighted by Gasteiger charge is -2.28. The highest BCUT2D eigenvalue weighted by Gasteiger charge is 2.24. The molecule has 0 amide bonds. The number of hydrogen-bond acceptors (Lipinski definition) is 2. The van der Waals surface area contributed by atoms with Crippen LogP contribution in [0.5, 0.6) is 0 Å². The van der Waals surface area contributed by atoms with E-state index in [1.165, 1.54) is 0 Å². The Kier molecular flexibility index (Phi) is 2.27. The smallest absolute Gasteiger partial charge is 0.320 e. The maximum absolute atomic E-state index is 10.5. The Morgan fingerprint density at radius 1 is 1.60 bits per heavy atom. The first-order valence-corrected chi connectivity index (χ1v) is 3.52. The molecule has 1 rings (SSSR count). The van der Waals surface area contributed by atoms with Crippen LogP contribution < -0.4 is 0 Å². The molecule has 0 aromatic heterocycles. The second-order valence-electron chi connectivity index (χ2n) is 2.66. The summed E-state index contributed by atoms with van der Waals surface area (Å²) in [5.74, 6) is -0.741. The van der Waals surface area contributed by atoms with Crippen LogP contribution in [0.3, 0.4) is 0 Å². The molecule has 1 N–H and O–H groups in total. The third kappa shape index (κ3) is 1.48. The topological polar surface area (TPSA) is 40.5 Å². The maximum Gasteiger partial charge on any atom is 0.320 e. The summed E-state index contributed by atoms with van der Waals surface area (Å²) in [4.78, 5) is 12.1. The molecule has 0 unspecified atom stereocenters. The number of nitrogens with zero attached hydrogens (tertiary/aromatic N) is 1. The lowest BCUT2D eigenvalue weighted by molar-refractivity contribution is -0.143. The van der Waals surface area contributed by atoms with Crippen molar-refractivity contribution in [3.8, 4) is 0 Å². The van der Waals surface area contributed by atoms with E-state index >= 15 is 0 Å². The van der Waals surface area contributed by atoms with Crippen LogP contribution in [-0.2, 0) is 4.79 Å². The molecule has 57 valence electrons. The first-order valence-electron chi connectivity index (χ1n) is 3.52. The van der Waals surface area contributed by atoms with Gasteiger partial charge >= 0.3 is 5.97 Å². The standard InChI is InChI=1S/C7H12NO2/c1-8-5-3-2-4-6(8)7(9)10/h6H,1-5H2,(H,9,10)/t6-/m0/s1. The van der Waals surface area contributed by atoms with Crippen molar-refractivity contribution in [3.05, 3.63) is 7.05 Å². The Morgan fingerprint density at radius 2 is 2.30 bits per heavy atom. The highest BCUT2D eigenvalue weighted by Crippen LogP contribution is 2.15. The van der Waals surface area contributed by atoms with Crippen LogP contribution in [-0.4, -0.2) is 28.6 Å². The van der Waals surface area contributed by atoms with Crippen LogP contribution in [0.25, 0.3) is 0 Å². The van der Waals surface area contributed by atoms with Crippen LogP contribution in [0, 0.1) is 7.05 Å². The zero-order chi connectivity index (χ0) is 7.56. The Morgan fingerprint density at radius 3 is 2.70 bits per heavy atom. The summed E-state index contributed by atoms with van der Waals surface area (Å²) in [6.45, 7) is 0.816. The van der Waals surface area contributed by atoms with Crippen LogP contribution in [0.4, 0.5) is 0 Å². The van der Waals surface area contributed by atoms with Gasteiger partial charge in [0.1, 0.15) is 6.04 Å². The lowest BCUT2D eigenvalue weighted by Crippen LogP contribution is -2.40. The van der Waals surface area contributed by atoms with E-state index in [-0.39, 0.29) is 6.04 Å². The highest BCUT2D eigenvalue weighted by atomic mass is 16.4. The average molecular weight is 142 g/mol. The van der Waals surface area contributed by atoms with E-state index in [2.05, 4.69) is 7.05 Å². The molecule has 3 heteroatoms. The molecule has 0 spiro atoms. The van der Waals surface area contributed by atoms with Gasteiger partial charge in [0.15, 0.2) is 0 Å². The number of likely N-dealkylation sites (tertiary alicyclic amines) is 1. The van der Waals surface area contributed by atoms with Crippen molar-refractivity contribution in [1.82, 2.24) is 4.90 Å². The number of piperidine rings is 1. The molecule has 0 aromatic rings. The van der Waals surface area contributed by atoms with E-state index in [1.807, 2.05) is 0 Å². The van der Waals surface area contributed by atoms with Crippen LogP contribution in [0.15, 0.2) is 0 Å². The Balaban J connectivity index is 2.47. The molecule has 0 aromatic carbocycles. The normalized spacial score (nSPS) is 28.3. The number of aliphatic carboxylic acids is 1. The number of carbonyl (C=O) groups is 1. The molecule has 1 saturated heterocycles. The second kappa shape index (κ2) is 3.01. The Bertz CT molecular complexity index is 136. The van der Waals surface area contributed by atoms with E-state index in [1.54, 1.807) is 4.90 Å². The second-order valence-corrected chi connectivity index (χ2v) is 2.66. The minimum absolute atomic E-state index is 0.339. The summed E-state index contributed by atoms with van der Waals surface area (Å²) in [5.41, 5.74) is 0. The third-order valence-electron chi connectivity index (χ3n) is 1.90. The van der Waals surface area contributed by atoms with Gasteiger partial charge < -0.3 is 5.11 Å². The Hall–Kier alpha value is -0.570. The van der Waals surface area contributed by atoms with Crippen molar-refractivity contribution in [2.45, 2.75) is 25.3 Å². The van der Waals surface area contributed by atoms with Gasteiger partial charge in [-0.25, -0.2) is 0 Å². The summed E-state index contributed by atoms with van der Waals surface area (Å²) in [6, 6.07) is -0.339. The average Bonchev–Trinajstić information content (AvgIpc) is 1.88. The van der Waals surface area contributed by atoms with E-state index < -0.39 is 5.97 Å². The van der Waals surface area contributed by atoms with Crippen molar-refractivity contribution in [2.75, 3.05) is 6.54 Å². The molecule has 1 aliphatic heterocycles. The monoisotopic (exact) mass is 142 g/mol. The van der Waals surface area contributed by atoms with Gasteiger partial charge in [0.2, 0.25) is 0 Å². The molecular formula is C7H12NO2. The highest BCUT2D eigenvalue weighted by molar-refractivity contribution is 5.73. The molecule has 1 heterocycles. The van der Waals surface area contributed by atoms with Gasteiger partial charge in [-0.05, 0) is 19.4 Å². The molecule has 3 nitrogen and oxygen atoms in total. The Labute approximate surface area is 60.6 Å². The molecule has 1 fully saturated rings. The van der Waals surface area contributed by atoms with Gasteiger partial charge in [0.05, 0.1) is 0 Å². The number of carboxylic acid groups (broad SMARTS) is 1. The lowest BCUT2D eigenvalue weighted by atomic mass is 10.0. The quantitative estimate of drug-likeness (QED) is 0.586. The molecule has 1 atom stereocenters. The summed E-state index contributed by atoms with van der Waals surface area (Å²) in [6.07, 6.45) is 2.84. The van der Waals surface area contributed by atoms with Crippen LogP contribution >= 0.6 is 0 Å².